The zero-order valence-corrected chi connectivity index (χ0v) is 14.2. The van der Waals surface area contributed by atoms with E-state index in [1.54, 1.807) is 0 Å². The number of nitrogens with one attached hydrogen (secondary N) is 1. The fourth-order valence-corrected chi connectivity index (χ4v) is 3.53. The molecule has 2 heterocycles. The number of anilines is 1. The van der Waals surface area contributed by atoms with E-state index < -0.39 is 0 Å². The predicted molar refractivity (Wildman–Crippen MR) is 94.7 cm³/mol. The highest BCUT2D eigenvalue weighted by atomic mass is 16.5. The third kappa shape index (κ3) is 3.08. The van der Waals surface area contributed by atoms with Crippen LogP contribution in [-0.2, 0) is 19.4 Å². The van der Waals surface area contributed by atoms with Crippen molar-refractivity contribution in [1.29, 1.82) is 0 Å². The maximum absolute atomic E-state index is 5.97. The number of nitrogens with zero attached hydrogens (tertiary/aromatic N) is 3. The number of ether oxygens (including phenoxy) is 1. The van der Waals surface area contributed by atoms with Crippen LogP contribution in [0.15, 0.2) is 24.3 Å². The van der Waals surface area contributed by atoms with Crippen LogP contribution in [0.2, 0.25) is 0 Å². The van der Waals surface area contributed by atoms with Gasteiger partial charge < -0.3 is 15.0 Å². The Labute approximate surface area is 143 Å². The van der Waals surface area contributed by atoms with Gasteiger partial charge in [0.2, 0.25) is 0 Å². The molecule has 0 unspecified atom stereocenters. The molecule has 0 saturated carbocycles. The minimum Gasteiger partial charge on any atom is -0.485 e. The number of hydrogen-bond acceptors (Lipinski definition) is 5. The van der Waals surface area contributed by atoms with Gasteiger partial charge in [-0.3, -0.25) is 0 Å². The first-order valence-electron chi connectivity index (χ1n) is 8.84. The summed E-state index contributed by atoms with van der Waals surface area (Å²) in [5.41, 5.74) is 3.72. The van der Waals surface area contributed by atoms with E-state index in [1.165, 1.54) is 17.7 Å². The lowest BCUT2D eigenvalue weighted by molar-refractivity contribution is 0.293. The molecule has 1 aromatic heterocycles. The van der Waals surface area contributed by atoms with Crippen LogP contribution in [0.25, 0.3) is 0 Å². The lowest BCUT2D eigenvalue weighted by atomic mass is 10.2. The molecule has 0 bridgehead atoms. The van der Waals surface area contributed by atoms with Gasteiger partial charge in [0.15, 0.2) is 5.82 Å². The second-order valence-electron chi connectivity index (χ2n) is 6.53. The smallest absolute Gasteiger partial charge is 0.168 e. The molecular formula is C19H24N4O. The molecule has 1 aliphatic heterocycles. The molecule has 126 valence electrons. The zero-order chi connectivity index (χ0) is 16.4. The van der Waals surface area contributed by atoms with E-state index in [-0.39, 0.29) is 0 Å². The van der Waals surface area contributed by atoms with E-state index in [0.29, 0.717) is 6.61 Å². The van der Waals surface area contributed by atoms with Gasteiger partial charge in [0, 0.05) is 37.4 Å². The molecule has 0 amide bonds. The van der Waals surface area contributed by atoms with Gasteiger partial charge in [0.05, 0.1) is 0 Å². The highest BCUT2D eigenvalue weighted by Gasteiger charge is 2.24. The van der Waals surface area contributed by atoms with Gasteiger partial charge in [-0.05, 0) is 37.8 Å². The van der Waals surface area contributed by atoms with Gasteiger partial charge >= 0.3 is 0 Å². The van der Waals surface area contributed by atoms with E-state index in [1.807, 2.05) is 18.2 Å². The molecule has 1 aromatic carbocycles. The molecule has 1 saturated heterocycles. The van der Waals surface area contributed by atoms with Crippen LogP contribution in [0.5, 0.6) is 5.75 Å². The second-order valence-corrected chi connectivity index (χ2v) is 6.53. The summed E-state index contributed by atoms with van der Waals surface area (Å²) in [6.07, 6.45) is 3.35. The van der Waals surface area contributed by atoms with Gasteiger partial charge in [-0.1, -0.05) is 18.2 Å². The van der Waals surface area contributed by atoms with E-state index in [4.69, 9.17) is 14.7 Å². The Morgan fingerprint density at radius 1 is 1.12 bits per heavy atom. The normalized spacial score (nSPS) is 17.0. The van der Waals surface area contributed by atoms with Crippen LogP contribution >= 0.6 is 0 Å². The summed E-state index contributed by atoms with van der Waals surface area (Å²) in [5, 5.41) is 3.41. The quantitative estimate of drug-likeness (QED) is 0.935. The largest absolute Gasteiger partial charge is 0.485 e. The number of piperazine rings is 1. The monoisotopic (exact) mass is 324 g/mol. The molecule has 0 spiro atoms. The average molecular weight is 324 g/mol. The minimum absolute atomic E-state index is 0.428. The molecule has 2 aliphatic rings. The topological polar surface area (TPSA) is 50.3 Å². The second kappa shape index (κ2) is 6.77. The Kier molecular flexibility index (Phi) is 4.34. The van der Waals surface area contributed by atoms with Gasteiger partial charge in [0.25, 0.3) is 0 Å². The molecule has 2 aromatic rings. The number of fused-ring (bicyclic) bond motifs is 1. The van der Waals surface area contributed by atoms with Crippen molar-refractivity contribution in [2.24, 2.45) is 0 Å². The van der Waals surface area contributed by atoms with Crippen LogP contribution in [0.1, 0.15) is 29.1 Å². The minimum atomic E-state index is 0.428. The van der Waals surface area contributed by atoms with Crippen LogP contribution in [0.4, 0.5) is 5.82 Å². The van der Waals surface area contributed by atoms with Gasteiger partial charge in [-0.2, -0.15) is 0 Å². The predicted octanol–water partition coefficient (Wildman–Crippen LogP) is 2.26. The molecule has 5 nitrogen and oxygen atoms in total. The zero-order valence-electron chi connectivity index (χ0n) is 14.2. The summed E-state index contributed by atoms with van der Waals surface area (Å²) in [5.74, 6) is 2.85. The lowest BCUT2D eigenvalue weighted by Crippen LogP contribution is -2.44. The third-order valence-electron chi connectivity index (χ3n) is 4.82. The number of hydrogen-bond donors (Lipinski definition) is 1. The van der Waals surface area contributed by atoms with Gasteiger partial charge in [-0.25, -0.2) is 9.97 Å². The molecule has 4 rings (SSSR count). The maximum Gasteiger partial charge on any atom is 0.168 e. The Balaban J connectivity index is 1.58. The van der Waals surface area contributed by atoms with Crippen molar-refractivity contribution in [3.63, 3.8) is 0 Å². The summed E-state index contributed by atoms with van der Waals surface area (Å²) in [7, 11) is 0. The first kappa shape index (κ1) is 15.4. The van der Waals surface area contributed by atoms with E-state index in [9.17, 15) is 0 Å². The number of aromatic nitrogens is 2. The van der Waals surface area contributed by atoms with Crippen molar-refractivity contribution in [3.8, 4) is 5.75 Å². The molecule has 0 atom stereocenters. The Bertz CT molecular complexity index is 725. The summed E-state index contributed by atoms with van der Waals surface area (Å²) >= 11 is 0. The van der Waals surface area contributed by atoms with Crippen molar-refractivity contribution in [1.82, 2.24) is 15.3 Å². The maximum atomic E-state index is 5.97. The summed E-state index contributed by atoms with van der Waals surface area (Å²) in [6, 6.07) is 8.08. The molecule has 1 fully saturated rings. The molecule has 0 radical (unpaired) electrons. The molecule has 5 heteroatoms. The number of aryl methyl sites for hydroxylation is 2. The highest BCUT2D eigenvalue weighted by molar-refractivity contribution is 5.51. The summed E-state index contributed by atoms with van der Waals surface area (Å²) < 4.78 is 5.97. The van der Waals surface area contributed by atoms with Crippen molar-refractivity contribution in [2.45, 2.75) is 32.8 Å². The molecule has 1 N–H and O–H groups in total. The fraction of sp³-hybridized carbons (Fsp3) is 0.474. The van der Waals surface area contributed by atoms with Crippen molar-refractivity contribution in [2.75, 3.05) is 31.1 Å². The summed E-state index contributed by atoms with van der Waals surface area (Å²) in [6.45, 7) is 6.56. The van der Waals surface area contributed by atoms with Gasteiger partial charge in [0.1, 0.15) is 18.2 Å². The highest BCUT2D eigenvalue weighted by Crippen LogP contribution is 2.29. The van der Waals surface area contributed by atoms with E-state index in [2.05, 4.69) is 23.2 Å². The van der Waals surface area contributed by atoms with E-state index >= 15 is 0 Å². The number of para-hydroxylation sites is 1. The Morgan fingerprint density at radius 2 is 1.96 bits per heavy atom. The Hall–Kier alpha value is -2.14. The first-order valence-corrected chi connectivity index (χ1v) is 8.84. The van der Waals surface area contributed by atoms with Crippen LogP contribution in [0.3, 0.4) is 0 Å². The van der Waals surface area contributed by atoms with Crippen molar-refractivity contribution in [3.05, 3.63) is 46.9 Å². The molecule has 1 aliphatic carbocycles. The van der Waals surface area contributed by atoms with Crippen LogP contribution in [0, 0.1) is 6.92 Å². The third-order valence-corrected chi connectivity index (χ3v) is 4.82. The lowest BCUT2D eigenvalue weighted by Gasteiger charge is -2.30. The summed E-state index contributed by atoms with van der Waals surface area (Å²) in [4.78, 5) is 12.1. The van der Waals surface area contributed by atoms with Crippen LogP contribution in [-0.4, -0.2) is 36.1 Å². The Morgan fingerprint density at radius 3 is 2.79 bits per heavy atom. The number of benzene rings is 1. The standard InChI is InChI=1S/C19H24N4O/c1-14-5-2-3-8-17(14)24-13-18-21-16-7-4-6-15(16)19(22-18)23-11-9-20-10-12-23/h2-3,5,8,20H,4,6-7,9-13H2,1H3. The molecular weight excluding hydrogens is 300 g/mol. The first-order chi connectivity index (χ1) is 11.8. The average Bonchev–Trinajstić information content (AvgIpc) is 3.09. The number of rotatable bonds is 4. The fourth-order valence-electron chi connectivity index (χ4n) is 3.53. The SMILES string of the molecule is Cc1ccccc1OCc1nc2c(c(N3CCNCC3)n1)CCC2. The van der Waals surface area contributed by atoms with Gasteiger partial charge in [-0.15, -0.1) is 0 Å². The van der Waals surface area contributed by atoms with Crippen molar-refractivity contribution < 1.29 is 4.74 Å². The van der Waals surface area contributed by atoms with Crippen molar-refractivity contribution >= 4 is 5.82 Å². The molecule has 24 heavy (non-hydrogen) atoms. The van der Waals surface area contributed by atoms with Crippen LogP contribution < -0.4 is 15.0 Å². The van der Waals surface area contributed by atoms with E-state index in [0.717, 1.165) is 62.0 Å².